The number of aryl methyl sites for hydroxylation is 1. The Balaban J connectivity index is 0.00000462. The number of aromatic hydroxyl groups is 1. The average Bonchev–Trinajstić information content (AvgIpc) is 4.00. The Morgan fingerprint density at radius 3 is 2.48 bits per heavy atom. The number of pyridine rings is 1. The maximum absolute atomic E-state index is 15.3. The van der Waals surface area contributed by atoms with Gasteiger partial charge < -0.3 is 33.4 Å². The fourth-order valence-electron chi connectivity index (χ4n) is 9.40. The maximum Gasteiger partial charge on any atom is 0.264 e. The van der Waals surface area contributed by atoms with Crippen molar-refractivity contribution in [3.05, 3.63) is 119 Å². The van der Waals surface area contributed by atoms with Crippen LogP contribution in [0.3, 0.4) is 0 Å². The van der Waals surface area contributed by atoms with E-state index in [4.69, 9.17) is 19.2 Å². The van der Waals surface area contributed by atoms with Crippen molar-refractivity contribution >= 4 is 46.6 Å². The molecule has 60 heavy (non-hydrogen) atoms. The van der Waals surface area contributed by atoms with Crippen LogP contribution in [-0.2, 0) is 37.7 Å². The number of hydrogen-bond acceptors (Lipinski definition) is 8. The third kappa shape index (κ3) is 7.37. The van der Waals surface area contributed by atoms with E-state index in [0.717, 1.165) is 98.5 Å². The molecule has 1 atom stereocenters. The second-order valence-electron chi connectivity index (χ2n) is 16.1. The van der Waals surface area contributed by atoms with E-state index in [1.54, 1.807) is 35.4 Å². The second-order valence-corrected chi connectivity index (χ2v) is 16.1. The molecular weight excluding hydrogens is 780 g/mol. The fourth-order valence-corrected chi connectivity index (χ4v) is 9.40. The van der Waals surface area contributed by atoms with Gasteiger partial charge in [0.2, 0.25) is 6.79 Å². The van der Waals surface area contributed by atoms with Gasteiger partial charge in [0.25, 0.3) is 11.8 Å². The van der Waals surface area contributed by atoms with Gasteiger partial charge in [-0.3, -0.25) is 19.4 Å². The Morgan fingerprint density at radius 1 is 0.883 bits per heavy atom. The number of aromatic nitrogens is 3. The van der Waals surface area contributed by atoms with Crippen molar-refractivity contribution in [3.63, 3.8) is 0 Å². The van der Waals surface area contributed by atoms with Crippen LogP contribution in [0.1, 0.15) is 63.2 Å². The number of nitrogens with zero attached hydrogens (tertiary/aromatic N) is 6. The Kier molecular flexibility index (Phi) is 11.0. The quantitative estimate of drug-likeness (QED) is 0.157. The van der Waals surface area contributed by atoms with Crippen LogP contribution < -0.4 is 14.4 Å². The van der Waals surface area contributed by atoms with E-state index in [1.807, 2.05) is 54.2 Å². The van der Waals surface area contributed by atoms with Gasteiger partial charge >= 0.3 is 0 Å². The molecule has 0 saturated carbocycles. The van der Waals surface area contributed by atoms with Crippen LogP contribution in [0.2, 0.25) is 0 Å². The molecule has 4 aliphatic rings. The van der Waals surface area contributed by atoms with Crippen LogP contribution in [0.25, 0.3) is 22.3 Å². The summed E-state index contributed by atoms with van der Waals surface area (Å²) in [6.45, 7) is 5.68. The van der Waals surface area contributed by atoms with Crippen molar-refractivity contribution in [3.8, 4) is 28.5 Å². The lowest BCUT2D eigenvalue weighted by molar-refractivity contribution is 0.0353. The molecule has 7 heterocycles. The number of morpholine rings is 1. The van der Waals surface area contributed by atoms with Crippen molar-refractivity contribution in [2.24, 2.45) is 7.05 Å². The van der Waals surface area contributed by atoms with Gasteiger partial charge in [0.05, 0.1) is 36.2 Å². The highest BCUT2D eigenvalue weighted by molar-refractivity contribution is 6.13. The minimum absolute atomic E-state index is 0. The van der Waals surface area contributed by atoms with Gasteiger partial charge in [-0.1, -0.05) is 24.3 Å². The highest BCUT2D eigenvalue weighted by Gasteiger charge is 2.35. The van der Waals surface area contributed by atoms with Crippen molar-refractivity contribution in [2.45, 2.75) is 57.7 Å². The summed E-state index contributed by atoms with van der Waals surface area (Å²) in [7, 11) is 1.94. The first kappa shape index (κ1) is 39.6. The number of ether oxygens (including phenoxy) is 3. The topological polar surface area (TPSA) is 115 Å². The molecular formula is C47H49ClN6O6. The van der Waals surface area contributed by atoms with Gasteiger partial charge in [0.1, 0.15) is 11.4 Å². The number of hydrogen-bond donors (Lipinski definition) is 1. The first-order valence-corrected chi connectivity index (χ1v) is 20.8. The number of phenols is 1. The molecule has 13 heteroatoms. The van der Waals surface area contributed by atoms with Gasteiger partial charge in [-0.05, 0) is 111 Å². The first-order chi connectivity index (χ1) is 28.9. The number of amides is 2. The third-order valence-corrected chi connectivity index (χ3v) is 12.5. The molecule has 3 aromatic carbocycles. The highest BCUT2D eigenvalue weighted by Crippen LogP contribution is 2.43. The zero-order valence-electron chi connectivity index (χ0n) is 33.7. The van der Waals surface area contributed by atoms with Crippen molar-refractivity contribution in [2.75, 3.05) is 44.5 Å². The van der Waals surface area contributed by atoms with E-state index < -0.39 is 0 Å². The fraction of sp³-hybridized carbons (Fsp3) is 0.340. The monoisotopic (exact) mass is 828 g/mol. The summed E-state index contributed by atoms with van der Waals surface area (Å²) in [5.74, 6) is 0.956. The number of phenolic OH excluding ortho intramolecular Hbond substituents is 1. The third-order valence-electron chi connectivity index (χ3n) is 12.5. The molecule has 0 unspecified atom stereocenters. The molecule has 0 aliphatic carbocycles. The van der Waals surface area contributed by atoms with Crippen LogP contribution in [0.4, 0.5) is 11.4 Å². The number of carbonyl (C=O) groups excluding carboxylic acids is 2. The molecule has 0 bridgehead atoms. The van der Waals surface area contributed by atoms with E-state index in [-0.39, 0.29) is 42.8 Å². The van der Waals surface area contributed by atoms with Gasteiger partial charge in [-0.25, -0.2) is 4.98 Å². The largest absolute Gasteiger partial charge is 0.508 e. The lowest BCUT2D eigenvalue weighted by Crippen LogP contribution is -2.45. The molecule has 4 aliphatic heterocycles. The van der Waals surface area contributed by atoms with Gasteiger partial charge in [-0.2, -0.15) is 0 Å². The molecule has 1 saturated heterocycles. The molecule has 3 aromatic heterocycles. The van der Waals surface area contributed by atoms with Crippen LogP contribution in [-0.4, -0.2) is 86.5 Å². The molecule has 1 N–H and O–H groups in total. The Labute approximate surface area is 355 Å². The minimum Gasteiger partial charge on any atom is -0.508 e. The molecule has 2 amide bonds. The van der Waals surface area contributed by atoms with E-state index in [2.05, 4.69) is 32.6 Å². The summed E-state index contributed by atoms with van der Waals surface area (Å²) in [4.78, 5) is 41.4. The average molecular weight is 829 g/mol. The van der Waals surface area contributed by atoms with Crippen LogP contribution in [0.15, 0.2) is 91.3 Å². The normalized spacial score (nSPS) is 17.2. The summed E-state index contributed by atoms with van der Waals surface area (Å²) in [5.41, 5.74) is 8.02. The number of halogens is 1. The minimum atomic E-state index is -0.216. The van der Waals surface area contributed by atoms with E-state index >= 15 is 9.59 Å². The molecule has 10 rings (SSSR count). The predicted molar refractivity (Wildman–Crippen MR) is 232 cm³/mol. The highest BCUT2D eigenvalue weighted by atomic mass is 35.5. The van der Waals surface area contributed by atoms with Crippen molar-refractivity contribution < 1.29 is 28.9 Å². The zero-order valence-corrected chi connectivity index (χ0v) is 34.5. The number of fused-ring (bicyclic) bond motifs is 4. The van der Waals surface area contributed by atoms with Gasteiger partial charge in [0, 0.05) is 73.5 Å². The Morgan fingerprint density at radius 2 is 1.67 bits per heavy atom. The van der Waals surface area contributed by atoms with Gasteiger partial charge in [0.15, 0.2) is 11.5 Å². The smallest absolute Gasteiger partial charge is 0.264 e. The number of carbonyl (C=O) groups is 2. The number of rotatable bonds is 9. The van der Waals surface area contributed by atoms with Crippen LogP contribution in [0.5, 0.6) is 17.2 Å². The molecule has 1 fully saturated rings. The molecule has 12 nitrogen and oxygen atoms in total. The Bertz CT molecular complexity index is 2560. The number of anilines is 2. The van der Waals surface area contributed by atoms with Crippen LogP contribution in [0, 0.1) is 0 Å². The SMILES string of the molecule is Cl.Cn1ccc2cc(N(C(=O)c3cc(-c4cc5c(cc4C(=O)N4Cc6ccccc6C[C@H]4CCCN4CCOCC4)OCO5)n4c3CCCC4)c3ccc(O)cc3)cnc21. The molecule has 0 radical (unpaired) electrons. The summed E-state index contributed by atoms with van der Waals surface area (Å²) in [6, 6.07) is 24.8. The van der Waals surface area contributed by atoms with Crippen molar-refractivity contribution in [1.82, 2.24) is 23.9 Å². The summed E-state index contributed by atoms with van der Waals surface area (Å²) in [5, 5.41) is 11.1. The number of benzene rings is 3. The van der Waals surface area contributed by atoms with E-state index in [0.29, 0.717) is 53.5 Å². The zero-order chi connectivity index (χ0) is 40.0. The van der Waals surface area contributed by atoms with Crippen LogP contribution >= 0.6 is 12.4 Å². The summed E-state index contributed by atoms with van der Waals surface area (Å²) >= 11 is 0. The second kappa shape index (κ2) is 16.7. The molecule has 6 aromatic rings. The lowest BCUT2D eigenvalue weighted by Gasteiger charge is -2.38. The maximum atomic E-state index is 15.3. The first-order valence-electron chi connectivity index (χ1n) is 20.8. The standard InChI is InChI=1S/C47H48N6O6.ClH/c1-49-18-15-32-24-36(28-48-45(32)49)53(34-11-13-37(54)14-12-34)47(56)40-25-42(51-17-5-4-10-41(40)51)38-26-43-44(59-30-58-43)27-39(38)46(55)52-29-33-8-3-2-7-31(33)23-35(52)9-6-16-50-19-21-57-22-20-50;/h2-3,7-8,11-15,18,24-28,35,54H,4-6,9-10,16-17,19-23,29-30H2,1H3;1H/t35-;/m1./s1. The van der Waals surface area contributed by atoms with Gasteiger partial charge in [-0.15, -0.1) is 12.4 Å². The Hall–Kier alpha value is -5.82. The summed E-state index contributed by atoms with van der Waals surface area (Å²) in [6.07, 6.45) is 8.92. The summed E-state index contributed by atoms with van der Waals surface area (Å²) < 4.78 is 21.6. The molecule has 310 valence electrons. The molecule has 0 spiro atoms. The van der Waals surface area contributed by atoms with E-state index in [9.17, 15) is 5.11 Å². The predicted octanol–water partition coefficient (Wildman–Crippen LogP) is 7.89. The van der Waals surface area contributed by atoms with E-state index in [1.165, 1.54) is 5.56 Å². The lowest BCUT2D eigenvalue weighted by atomic mass is 9.90. The van der Waals surface area contributed by atoms with Crippen molar-refractivity contribution in [1.29, 1.82) is 0 Å².